The van der Waals surface area contributed by atoms with E-state index in [1.165, 1.54) is 18.2 Å². The lowest BCUT2D eigenvalue weighted by Gasteiger charge is -2.37. The van der Waals surface area contributed by atoms with E-state index < -0.39 is 21.7 Å². The van der Waals surface area contributed by atoms with Gasteiger partial charge in [0.2, 0.25) is 0 Å². The van der Waals surface area contributed by atoms with Crippen LogP contribution in [0.2, 0.25) is 0 Å². The molecule has 1 aliphatic carbocycles. The van der Waals surface area contributed by atoms with Crippen molar-refractivity contribution in [3.05, 3.63) is 106 Å². The average Bonchev–Trinajstić information content (AvgIpc) is 2.95. The summed E-state index contributed by atoms with van der Waals surface area (Å²) in [5, 5.41) is 13.6. The Kier molecular flexibility index (Phi) is 7.83. The van der Waals surface area contributed by atoms with Gasteiger partial charge in [-0.05, 0) is 60.4 Å². The quantitative estimate of drug-likeness (QED) is 0.268. The second-order valence-electron chi connectivity index (χ2n) is 10.6. The lowest BCUT2D eigenvalue weighted by atomic mass is 9.71. The van der Waals surface area contributed by atoms with Gasteiger partial charge in [0.25, 0.3) is 0 Å². The van der Waals surface area contributed by atoms with Gasteiger partial charge in [-0.15, -0.1) is 0 Å². The van der Waals surface area contributed by atoms with Gasteiger partial charge >= 0.3 is 5.97 Å². The van der Waals surface area contributed by atoms with E-state index in [2.05, 4.69) is 5.32 Å². The highest BCUT2D eigenvalue weighted by molar-refractivity contribution is 7.90. The molecule has 218 valence electrons. The summed E-state index contributed by atoms with van der Waals surface area (Å²) >= 11 is 0. The maximum atomic E-state index is 13.9. The number of hydrogen-bond acceptors (Lipinski definition) is 9. The first-order valence-corrected chi connectivity index (χ1v) is 15.3. The number of para-hydroxylation sites is 1. The molecule has 0 fully saturated rings. The topological polar surface area (TPSA) is 145 Å². The van der Waals surface area contributed by atoms with Gasteiger partial charge in [-0.25, -0.2) is 13.2 Å². The second-order valence-corrected chi connectivity index (χ2v) is 12.6. The van der Waals surface area contributed by atoms with Crippen molar-refractivity contribution in [2.45, 2.75) is 43.1 Å². The van der Waals surface area contributed by atoms with Crippen molar-refractivity contribution in [1.29, 1.82) is 0 Å². The number of nitrogen functional groups attached to an aromatic ring is 1. The average molecular weight is 589 g/mol. The number of nitrogens with two attached hydrogens (primary N) is 1. The van der Waals surface area contributed by atoms with Gasteiger partial charge in [-0.2, -0.15) is 0 Å². The van der Waals surface area contributed by atoms with Crippen LogP contribution in [0.4, 0.5) is 5.69 Å². The number of anilines is 1. The first-order chi connectivity index (χ1) is 20.0. The van der Waals surface area contributed by atoms with Crippen LogP contribution in [0.25, 0.3) is 0 Å². The summed E-state index contributed by atoms with van der Waals surface area (Å²) in [6.07, 6.45) is 1.80. The molecule has 0 spiro atoms. The minimum absolute atomic E-state index is 0.00360. The summed E-state index contributed by atoms with van der Waals surface area (Å²) in [6.45, 7) is 1.54. The lowest BCUT2D eigenvalue weighted by molar-refractivity contribution is -0.140. The highest BCUT2D eigenvalue weighted by Gasteiger charge is 2.42. The summed E-state index contributed by atoms with van der Waals surface area (Å²) in [4.78, 5) is 27.5. The molecular formula is C32H32N2O7S. The van der Waals surface area contributed by atoms with Crippen molar-refractivity contribution >= 4 is 27.3 Å². The predicted molar refractivity (Wildman–Crippen MR) is 157 cm³/mol. The minimum atomic E-state index is -3.58. The number of carbonyl (C=O) groups is 2. The van der Waals surface area contributed by atoms with Crippen molar-refractivity contribution in [3.63, 3.8) is 0 Å². The third kappa shape index (κ3) is 5.62. The minimum Gasteiger partial charge on any atom is -0.508 e. The van der Waals surface area contributed by atoms with E-state index in [4.69, 9.17) is 15.2 Å². The molecule has 0 radical (unpaired) electrons. The molecule has 2 aliphatic rings. The van der Waals surface area contributed by atoms with Crippen LogP contribution in [0.3, 0.4) is 0 Å². The zero-order valence-corrected chi connectivity index (χ0v) is 24.3. The molecule has 0 bridgehead atoms. The van der Waals surface area contributed by atoms with Gasteiger partial charge in [0.05, 0.1) is 23.3 Å². The summed E-state index contributed by atoms with van der Waals surface area (Å²) in [5.41, 5.74) is 9.81. The molecule has 1 aliphatic heterocycles. The van der Waals surface area contributed by atoms with Crippen LogP contribution in [0, 0.1) is 0 Å². The number of Topliss-reactive ketones (excluding diaryl/α,β-unsaturated/α-hetero) is 1. The molecular weight excluding hydrogens is 556 g/mol. The molecule has 3 aromatic rings. The van der Waals surface area contributed by atoms with Gasteiger partial charge in [0.1, 0.15) is 18.1 Å². The Balaban J connectivity index is 1.50. The molecule has 3 aromatic carbocycles. The van der Waals surface area contributed by atoms with E-state index in [1.807, 2.05) is 24.3 Å². The largest absolute Gasteiger partial charge is 0.508 e. The van der Waals surface area contributed by atoms with Gasteiger partial charge in [-0.3, -0.25) is 4.79 Å². The van der Waals surface area contributed by atoms with Crippen molar-refractivity contribution in [2.24, 2.45) is 0 Å². The molecule has 42 heavy (non-hydrogen) atoms. The van der Waals surface area contributed by atoms with Crippen LogP contribution < -0.4 is 15.8 Å². The summed E-state index contributed by atoms with van der Waals surface area (Å²) in [5.74, 6) is -0.980. The number of aromatic hydroxyl groups is 1. The fourth-order valence-electron chi connectivity index (χ4n) is 5.79. The van der Waals surface area contributed by atoms with E-state index in [0.29, 0.717) is 40.3 Å². The maximum absolute atomic E-state index is 13.9. The molecule has 0 aromatic heterocycles. The molecule has 9 nitrogen and oxygen atoms in total. The van der Waals surface area contributed by atoms with Crippen molar-refractivity contribution in [3.8, 4) is 11.5 Å². The second kappa shape index (κ2) is 11.4. The number of dihydropyridines is 1. The van der Waals surface area contributed by atoms with E-state index in [9.17, 15) is 23.1 Å². The fraction of sp³-hybridized carbons (Fsp3) is 0.250. The molecule has 0 saturated heterocycles. The number of allylic oxidation sites excluding steroid dienone is 3. The Hall–Kier alpha value is -4.57. The number of sulfone groups is 1. The number of ketones is 1. The normalized spacial score (nSPS) is 18.8. The third-order valence-corrected chi connectivity index (χ3v) is 8.83. The van der Waals surface area contributed by atoms with Crippen LogP contribution in [0.5, 0.6) is 11.5 Å². The van der Waals surface area contributed by atoms with Crippen molar-refractivity contribution < 1.29 is 32.6 Å². The Morgan fingerprint density at radius 3 is 2.55 bits per heavy atom. The molecule has 0 saturated carbocycles. The zero-order valence-electron chi connectivity index (χ0n) is 23.5. The third-order valence-electron chi connectivity index (χ3n) is 7.68. The number of esters is 1. The van der Waals surface area contributed by atoms with Crippen LogP contribution in [-0.4, -0.2) is 38.6 Å². The van der Waals surface area contributed by atoms with Crippen LogP contribution in [0.15, 0.2) is 94.2 Å². The summed E-state index contributed by atoms with van der Waals surface area (Å²) in [7, 11) is -1.98. The smallest absolute Gasteiger partial charge is 0.337 e. The molecule has 10 heteroatoms. The van der Waals surface area contributed by atoms with Gasteiger partial charge in [-0.1, -0.05) is 36.4 Å². The molecule has 5 rings (SSSR count). The Bertz CT molecular complexity index is 1760. The number of benzene rings is 3. The van der Waals surface area contributed by atoms with E-state index >= 15 is 0 Å². The first kappa shape index (κ1) is 28.9. The molecule has 4 N–H and O–H groups in total. The molecule has 2 unspecified atom stereocenters. The zero-order chi connectivity index (χ0) is 30.2. The number of phenols is 1. The number of hydrogen-bond donors (Lipinski definition) is 3. The van der Waals surface area contributed by atoms with Crippen molar-refractivity contribution in [2.75, 3.05) is 19.1 Å². The van der Waals surface area contributed by atoms with Crippen LogP contribution in [0.1, 0.15) is 48.3 Å². The Morgan fingerprint density at radius 1 is 1.07 bits per heavy atom. The van der Waals surface area contributed by atoms with E-state index in [1.54, 1.807) is 38.3 Å². The molecule has 0 amide bonds. The Labute approximate surface area is 244 Å². The van der Waals surface area contributed by atoms with Crippen LogP contribution >= 0.6 is 0 Å². The van der Waals surface area contributed by atoms with E-state index in [0.717, 1.165) is 11.8 Å². The number of methoxy groups -OCH3 is 1. The van der Waals surface area contributed by atoms with Gasteiger partial charge in [0.15, 0.2) is 15.6 Å². The monoisotopic (exact) mass is 588 g/mol. The number of carbonyl (C=O) groups excluding carboxylic acids is 2. The lowest BCUT2D eigenvalue weighted by Crippen LogP contribution is -2.36. The highest BCUT2D eigenvalue weighted by atomic mass is 32.2. The Morgan fingerprint density at radius 2 is 1.83 bits per heavy atom. The molecule has 2 atom stereocenters. The number of ether oxygens (including phenoxy) is 2. The fourth-order valence-corrected chi connectivity index (χ4v) is 6.65. The maximum Gasteiger partial charge on any atom is 0.337 e. The van der Waals surface area contributed by atoms with Gasteiger partial charge in [0, 0.05) is 41.5 Å². The molecule has 1 heterocycles. The number of rotatable bonds is 7. The SMILES string of the molecule is COc1ccccc1C1CC(=O)C2=C(C1)NC(C)=C(C(=O)OCc1ccc(N)c(S(C)(=O)=O)c1)C2c1cccc(O)c1. The van der Waals surface area contributed by atoms with Crippen molar-refractivity contribution in [1.82, 2.24) is 5.32 Å². The number of nitrogens with one attached hydrogen (secondary N) is 1. The van der Waals surface area contributed by atoms with E-state index in [-0.39, 0.29) is 46.6 Å². The number of phenolic OH excluding ortho intramolecular Hbond substituents is 1. The van der Waals surface area contributed by atoms with Gasteiger partial charge < -0.3 is 25.6 Å². The standard InChI is InChI=1S/C32H32N2O7S/c1-18-29(32(37)41-17-19-11-12-24(33)28(13-19)42(3,38)39)30(20-7-6-8-22(35)14-20)31-25(34-18)15-21(16-26(31)36)23-9-4-5-10-27(23)40-2/h4-14,21,30,34-35H,15-17,33H2,1-3H3. The summed E-state index contributed by atoms with van der Waals surface area (Å²) < 4.78 is 35.4. The summed E-state index contributed by atoms with van der Waals surface area (Å²) in [6, 6.07) is 18.5. The highest BCUT2D eigenvalue weighted by Crippen LogP contribution is 2.47. The first-order valence-electron chi connectivity index (χ1n) is 13.4. The van der Waals surface area contributed by atoms with Crippen LogP contribution in [-0.2, 0) is 30.8 Å². The predicted octanol–water partition coefficient (Wildman–Crippen LogP) is 4.49.